The Morgan fingerprint density at radius 3 is 1.14 bits per heavy atom. The van der Waals surface area contributed by atoms with Gasteiger partial charge in [0.2, 0.25) is 0 Å². The van der Waals surface area contributed by atoms with E-state index in [-0.39, 0.29) is 37.7 Å². The molecule has 0 saturated heterocycles. The van der Waals surface area contributed by atoms with E-state index in [0.29, 0.717) is 0 Å². The predicted octanol–water partition coefficient (Wildman–Crippen LogP) is 7.21. The first-order chi connectivity index (χ1) is 9.68. The van der Waals surface area contributed by atoms with Gasteiger partial charge in [0.15, 0.2) is 0 Å². The molecule has 0 aromatic rings. The zero-order valence-electron chi connectivity index (χ0n) is 17.3. The summed E-state index contributed by atoms with van der Waals surface area (Å²) in [6, 6.07) is 0. The molecule has 0 spiro atoms. The van der Waals surface area contributed by atoms with Crippen LogP contribution in [0.4, 0.5) is 0 Å². The Bertz CT molecular complexity index is 180. The van der Waals surface area contributed by atoms with E-state index in [9.17, 15) is 0 Å². The monoisotopic (exact) mass is 336 g/mol. The molecule has 0 N–H and O–H groups in total. The molecule has 22 heavy (non-hydrogen) atoms. The third-order valence-corrected chi connectivity index (χ3v) is 3.59. The van der Waals surface area contributed by atoms with Gasteiger partial charge in [-0.1, -0.05) is 86.0 Å². The van der Waals surface area contributed by atoms with Crippen molar-refractivity contribution >= 4 is 37.7 Å². The van der Waals surface area contributed by atoms with Crippen LogP contribution in [-0.4, -0.2) is 37.7 Å². The fourth-order valence-corrected chi connectivity index (χ4v) is 2.94. The largest absolute Gasteiger partial charge is 2.00 e. The maximum Gasteiger partial charge on any atom is 2.00 e. The normalized spacial score (nSPS) is 13.6. The maximum atomic E-state index is 2.51. The summed E-state index contributed by atoms with van der Waals surface area (Å²) in [7, 11) is 0. The summed E-state index contributed by atoms with van der Waals surface area (Å²) in [5, 5.41) is 0. The first-order valence-electron chi connectivity index (χ1n) is 9.28. The SMILES string of the molecule is CC(C)CC(C)C[CH-]CC(C)CC(C)C.C[CH-]CC(C)C.[Ca+2]. The molecular weight excluding hydrogens is 292 g/mol. The van der Waals surface area contributed by atoms with Gasteiger partial charge in [0.25, 0.3) is 0 Å². The van der Waals surface area contributed by atoms with Gasteiger partial charge in [0.1, 0.15) is 0 Å². The van der Waals surface area contributed by atoms with Crippen LogP contribution in [0.25, 0.3) is 0 Å². The van der Waals surface area contributed by atoms with Crippen LogP contribution in [0.2, 0.25) is 0 Å². The molecule has 0 amide bonds. The van der Waals surface area contributed by atoms with Gasteiger partial charge in [0, 0.05) is 0 Å². The van der Waals surface area contributed by atoms with Crippen LogP contribution in [0, 0.1) is 42.4 Å². The van der Waals surface area contributed by atoms with Gasteiger partial charge < -0.3 is 12.8 Å². The fraction of sp³-hybridized carbons (Fsp3) is 0.905. The van der Waals surface area contributed by atoms with Crippen molar-refractivity contribution in [3.05, 3.63) is 12.8 Å². The molecule has 0 radical (unpaired) electrons. The second kappa shape index (κ2) is 18.6. The molecule has 0 nitrogen and oxygen atoms in total. The van der Waals surface area contributed by atoms with E-state index in [4.69, 9.17) is 0 Å². The van der Waals surface area contributed by atoms with Crippen molar-refractivity contribution in [2.45, 2.75) is 94.4 Å². The number of hydrogen-bond donors (Lipinski definition) is 0. The maximum absolute atomic E-state index is 2.51. The predicted molar refractivity (Wildman–Crippen MR) is 106 cm³/mol. The topological polar surface area (TPSA) is 0 Å². The second-order valence-electron chi connectivity index (χ2n) is 8.27. The molecule has 0 aliphatic heterocycles. The summed E-state index contributed by atoms with van der Waals surface area (Å²) in [6.07, 6.45) is 11.3. The van der Waals surface area contributed by atoms with Gasteiger partial charge in [0.05, 0.1) is 0 Å². The average Bonchev–Trinajstić information content (AvgIpc) is 2.27. The van der Waals surface area contributed by atoms with Gasteiger partial charge in [-0.25, -0.2) is 0 Å². The molecule has 2 atom stereocenters. The van der Waals surface area contributed by atoms with Crippen molar-refractivity contribution in [1.29, 1.82) is 0 Å². The summed E-state index contributed by atoms with van der Waals surface area (Å²) in [5.41, 5.74) is 0. The Balaban J connectivity index is -0.000000439. The minimum atomic E-state index is 0. The zero-order valence-corrected chi connectivity index (χ0v) is 19.5. The molecule has 0 saturated carbocycles. The van der Waals surface area contributed by atoms with Gasteiger partial charge in [-0.3, -0.25) is 0 Å². The summed E-state index contributed by atoms with van der Waals surface area (Å²) >= 11 is 0. The van der Waals surface area contributed by atoms with Crippen molar-refractivity contribution in [2.24, 2.45) is 29.6 Å². The summed E-state index contributed by atoms with van der Waals surface area (Å²) in [6.45, 7) is 20.6. The van der Waals surface area contributed by atoms with Crippen molar-refractivity contribution in [3.63, 3.8) is 0 Å². The van der Waals surface area contributed by atoms with Crippen molar-refractivity contribution in [2.75, 3.05) is 0 Å². The van der Waals surface area contributed by atoms with Crippen molar-refractivity contribution in [1.82, 2.24) is 0 Å². The third-order valence-electron chi connectivity index (χ3n) is 3.59. The van der Waals surface area contributed by atoms with Crippen LogP contribution in [-0.2, 0) is 0 Å². The summed E-state index contributed by atoms with van der Waals surface area (Å²) in [4.78, 5) is 0. The van der Waals surface area contributed by atoms with E-state index in [0.717, 1.165) is 29.6 Å². The van der Waals surface area contributed by atoms with E-state index < -0.39 is 0 Å². The third kappa shape index (κ3) is 26.2. The van der Waals surface area contributed by atoms with Gasteiger partial charge in [-0.2, -0.15) is 26.2 Å². The van der Waals surface area contributed by atoms with Crippen LogP contribution in [0.5, 0.6) is 0 Å². The van der Waals surface area contributed by atoms with Gasteiger partial charge in [-0.05, 0) is 11.8 Å². The van der Waals surface area contributed by atoms with Gasteiger partial charge >= 0.3 is 37.7 Å². The quantitative estimate of drug-likeness (QED) is 0.292. The van der Waals surface area contributed by atoms with Crippen LogP contribution in [0.15, 0.2) is 0 Å². The Labute approximate surface area is 173 Å². The zero-order chi connectivity index (χ0) is 16.8. The number of rotatable bonds is 10. The summed E-state index contributed by atoms with van der Waals surface area (Å²) in [5.74, 6) is 4.28. The molecule has 0 rings (SSSR count). The van der Waals surface area contributed by atoms with Crippen LogP contribution in [0.1, 0.15) is 94.4 Å². The molecule has 1 heteroatoms. The fourth-order valence-electron chi connectivity index (χ4n) is 2.94. The van der Waals surface area contributed by atoms with Crippen LogP contribution in [0.3, 0.4) is 0 Å². The van der Waals surface area contributed by atoms with E-state index in [1.807, 2.05) is 0 Å². The van der Waals surface area contributed by atoms with Crippen molar-refractivity contribution in [3.8, 4) is 0 Å². The summed E-state index contributed by atoms with van der Waals surface area (Å²) < 4.78 is 0. The van der Waals surface area contributed by atoms with Crippen molar-refractivity contribution < 1.29 is 0 Å². The first kappa shape index (κ1) is 28.1. The molecule has 0 bridgehead atoms. The molecule has 2 unspecified atom stereocenters. The Kier molecular flexibility index (Phi) is 23.7. The minimum Gasteiger partial charge on any atom is -0.331 e. The Morgan fingerprint density at radius 1 is 0.591 bits per heavy atom. The Morgan fingerprint density at radius 2 is 0.955 bits per heavy atom. The molecule has 0 fully saturated rings. The smallest absolute Gasteiger partial charge is 0.331 e. The van der Waals surface area contributed by atoms with Crippen LogP contribution >= 0.6 is 0 Å². The molecular formula is C21H44Ca. The molecule has 0 aromatic carbocycles. The molecule has 0 heterocycles. The molecule has 130 valence electrons. The Hall–Kier alpha value is 1.26. The first-order valence-corrected chi connectivity index (χ1v) is 9.28. The standard InChI is InChI=1S/C15H31.C6H13.Ca/c1-12(2)10-14(5)8-7-9-15(6)11-13(3)4;1-4-5-6(2)3;/h7,12-15H,8-11H2,1-6H3;4,6H,5H2,1-3H3;/q2*-1;+2. The molecule has 0 aliphatic carbocycles. The van der Waals surface area contributed by atoms with E-state index in [1.165, 1.54) is 32.1 Å². The molecule has 0 aliphatic rings. The van der Waals surface area contributed by atoms with E-state index >= 15 is 0 Å². The average molecular weight is 337 g/mol. The van der Waals surface area contributed by atoms with E-state index in [1.54, 1.807) is 0 Å². The van der Waals surface area contributed by atoms with Gasteiger partial charge in [-0.15, -0.1) is 0 Å². The number of hydrogen-bond acceptors (Lipinski definition) is 0. The molecule has 0 aromatic heterocycles. The van der Waals surface area contributed by atoms with Crippen LogP contribution < -0.4 is 0 Å². The van der Waals surface area contributed by atoms with E-state index in [2.05, 4.69) is 75.2 Å². The second-order valence-corrected chi connectivity index (χ2v) is 8.27. The minimum absolute atomic E-state index is 0.